The second kappa shape index (κ2) is 4.84. The molecule has 0 radical (unpaired) electrons. The van der Waals surface area contributed by atoms with Crippen LogP contribution >= 0.6 is 0 Å². The highest BCUT2D eigenvalue weighted by Gasteiger charge is 2.10. The maximum Gasteiger partial charge on any atom is 0.123 e. The third-order valence-corrected chi connectivity index (χ3v) is 2.65. The molecule has 0 bridgehead atoms. The molecule has 0 spiro atoms. The van der Waals surface area contributed by atoms with Crippen LogP contribution in [0, 0.1) is 0 Å². The lowest BCUT2D eigenvalue weighted by atomic mass is 10.0. The molecule has 2 aromatic carbocycles. The first kappa shape index (κ1) is 12.0. The lowest BCUT2D eigenvalue weighted by Crippen LogP contribution is -1.83. The minimum absolute atomic E-state index is 0.0146. The van der Waals surface area contributed by atoms with Crippen molar-refractivity contribution in [2.24, 2.45) is 0 Å². The highest BCUT2D eigenvalue weighted by Crippen LogP contribution is 2.37. The van der Waals surface area contributed by atoms with E-state index in [0.29, 0.717) is 11.1 Å². The van der Waals surface area contributed by atoms with Crippen molar-refractivity contribution in [2.75, 3.05) is 0 Å². The predicted molar refractivity (Wildman–Crippen MR) is 71.6 cm³/mol. The zero-order valence-corrected chi connectivity index (χ0v) is 9.96. The average Bonchev–Trinajstić information content (AvgIpc) is 2.35. The molecule has 0 aromatic heterocycles. The summed E-state index contributed by atoms with van der Waals surface area (Å²) >= 11 is 0. The maximum absolute atomic E-state index is 9.86. The molecule has 0 atom stereocenters. The van der Waals surface area contributed by atoms with Gasteiger partial charge in [-0.15, -0.1) is 0 Å². The van der Waals surface area contributed by atoms with Gasteiger partial charge < -0.3 is 15.3 Å². The summed E-state index contributed by atoms with van der Waals surface area (Å²) in [7, 11) is 0. The first-order chi connectivity index (χ1) is 8.61. The van der Waals surface area contributed by atoms with E-state index in [-0.39, 0.29) is 17.2 Å². The molecule has 0 aliphatic rings. The van der Waals surface area contributed by atoms with E-state index >= 15 is 0 Å². The van der Waals surface area contributed by atoms with Crippen LogP contribution in [0.3, 0.4) is 0 Å². The summed E-state index contributed by atoms with van der Waals surface area (Å²) in [5.74, 6) is 0.114. The van der Waals surface area contributed by atoms with E-state index in [1.165, 1.54) is 18.2 Å². The van der Waals surface area contributed by atoms with E-state index in [4.69, 9.17) is 0 Å². The molecule has 18 heavy (non-hydrogen) atoms. The van der Waals surface area contributed by atoms with Gasteiger partial charge in [0, 0.05) is 11.1 Å². The van der Waals surface area contributed by atoms with Crippen LogP contribution in [0.25, 0.3) is 17.2 Å². The van der Waals surface area contributed by atoms with Crippen LogP contribution in [0.2, 0.25) is 0 Å². The third-order valence-electron chi connectivity index (χ3n) is 2.65. The van der Waals surface area contributed by atoms with Crippen LogP contribution in [0.4, 0.5) is 0 Å². The van der Waals surface area contributed by atoms with Crippen molar-refractivity contribution >= 4 is 6.08 Å². The summed E-state index contributed by atoms with van der Waals surface area (Å²) in [5, 5.41) is 29.1. The normalized spacial score (nSPS) is 10.9. The van der Waals surface area contributed by atoms with Crippen molar-refractivity contribution in [1.82, 2.24) is 0 Å². The smallest absolute Gasteiger partial charge is 0.123 e. The Hall–Kier alpha value is -2.42. The van der Waals surface area contributed by atoms with Gasteiger partial charge in [-0.2, -0.15) is 0 Å². The molecule has 2 aromatic rings. The SMILES string of the molecule is C/C=C/c1ccc(O)c(-c2cc(O)ccc2O)c1. The number of rotatable bonds is 2. The summed E-state index contributed by atoms with van der Waals surface area (Å²) < 4.78 is 0. The fourth-order valence-electron chi connectivity index (χ4n) is 1.81. The van der Waals surface area contributed by atoms with E-state index in [1.54, 1.807) is 18.2 Å². The number of benzene rings is 2. The molecule has 0 saturated carbocycles. The first-order valence-corrected chi connectivity index (χ1v) is 5.60. The molecule has 92 valence electrons. The fraction of sp³-hybridized carbons (Fsp3) is 0.0667. The molecule has 0 unspecified atom stereocenters. The van der Waals surface area contributed by atoms with E-state index in [9.17, 15) is 15.3 Å². The van der Waals surface area contributed by atoms with Crippen molar-refractivity contribution in [2.45, 2.75) is 6.92 Å². The van der Waals surface area contributed by atoms with Gasteiger partial charge in [-0.05, 0) is 42.8 Å². The predicted octanol–water partition coefficient (Wildman–Crippen LogP) is 3.50. The van der Waals surface area contributed by atoms with Gasteiger partial charge in [-0.25, -0.2) is 0 Å². The Morgan fingerprint density at radius 1 is 0.833 bits per heavy atom. The Labute approximate surface area is 105 Å². The number of allylic oxidation sites excluding steroid dienone is 1. The monoisotopic (exact) mass is 242 g/mol. The largest absolute Gasteiger partial charge is 0.508 e. The molecule has 3 N–H and O–H groups in total. The minimum Gasteiger partial charge on any atom is -0.508 e. The van der Waals surface area contributed by atoms with E-state index in [2.05, 4.69) is 0 Å². The number of phenols is 3. The Balaban J connectivity index is 2.62. The van der Waals surface area contributed by atoms with Gasteiger partial charge in [0.25, 0.3) is 0 Å². The van der Waals surface area contributed by atoms with Crippen molar-refractivity contribution in [3.8, 4) is 28.4 Å². The van der Waals surface area contributed by atoms with Gasteiger partial charge in [-0.1, -0.05) is 18.2 Å². The van der Waals surface area contributed by atoms with E-state index in [0.717, 1.165) is 5.56 Å². The van der Waals surface area contributed by atoms with Crippen molar-refractivity contribution < 1.29 is 15.3 Å². The van der Waals surface area contributed by atoms with Crippen LogP contribution in [-0.2, 0) is 0 Å². The standard InChI is InChI=1S/C15H14O3/c1-2-3-10-4-6-14(17)12(8-10)13-9-11(16)5-7-15(13)18/h2-9,16-18H,1H3/b3-2+. The number of aromatic hydroxyl groups is 3. The number of phenolic OH excluding ortho intramolecular Hbond substituents is 3. The van der Waals surface area contributed by atoms with Gasteiger partial charge in [-0.3, -0.25) is 0 Å². The summed E-state index contributed by atoms with van der Waals surface area (Å²) in [4.78, 5) is 0. The molecule has 0 aliphatic heterocycles. The Bertz CT molecular complexity index is 601. The molecule has 2 rings (SSSR count). The third kappa shape index (κ3) is 2.30. The van der Waals surface area contributed by atoms with Crippen LogP contribution in [0.15, 0.2) is 42.5 Å². The highest BCUT2D eigenvalue weighted by molar-refractivity contribution is 5.78. The Morgan fingerprint density at radius 3 is 2.11 bits per heavy atom. The van der Waals surface area contributed by atoms with Crippen molar-refractivity contribution in [1.29, 1.82) is 0 Å². The van der Waals surface area contributed by atoms with Gasteiger partial charge in [0.2, 0.25) is 0 Å². The minimum atomic E-state index is 0.0146. The lowest BCUT2D eigenvalue weighted by molar-refractivity contribution is 0.459. The van der Waals surface area contributed by atoms with Crippen molar-refractivity contribution in [3.63, 3.8) is 0 Å². The first-order valence-electron chi connectivity index (χ1n) is 5.60. The van der Waals surface area contributed by atoms with Crippen molar-refractivity contribution in [3.05, 3.63) is 48.0 Å². The van der Waals surface area contributed by atoms with E-state index < -0.39 is 0 Å². The van der Waals surface area contributed by atoms with Crippen LogP contribution in [-0.4, -0.2) is 15.3 Å². The zero-order chi connectivity index (χ0) is 13.1. The van der Waals surface area contributed by atoms with Crippen LogP contribution < -0.4 is 0 Å². The summed E-state index contributed by atoms with van der Waals surface area (Å²) in [6.45, 7) is 1.90. The molecular formula is C15H14O3. The molecule has 0 saturated heterocycles. The molecule has 0 aliphatic carbocycles. The Kier molecular flexibility index (Phi) is 3.24. The lowest BCUT2D eigenvalue weighted by Gasteiger charge is -2.08. The van der Waals surface area contributed by atoms with Gasteiger partial charge in [0.15, 0.2) is 0 Å². The average molecular weight is 242 g/mol. The highest BCUT2D eigenvalue weighted by atomic mass is 16.3. The second-order valence-electron chi connectivity index (χ2n) is 3.98. The summed E-state index contributed by atoms with van der Waals surface area (Å²) in [5.41, 5.74) is 1.80. The molecule has 0 amide bonds. The number of hydrogen-bond acceptors (Lipinski definition) is 3. The zero-order valence-electron chi connectivity index (χ0n) is 9.96. The topological polar surface area (TPSA) is 60.7 Å². The Morgan fingerprint density at radius 2 is 1.44 bits per heavy atom. The molecule has 3 nitrogen and oxygen atoms in total. The van der Waals surface area contributed by atoms with Crippen LogP contribution in [0.1, 0.15) is 12.5 Å². The summed E-state index contributed by atoms with van der Waals surface area (Å²) in [6, 6.07) is 9.30. The van der Waals surface area contributed by atoms with E-state index in [1.807, 2.05) is 19.1 Å². The summed E-state index contributed by atoms with van der Waals surface area (Å²) in [6.07, 6.45) is 3.78. The van der Waals surface area contributed by atoms with Gasteiger partial charge in [0.05, 0.1) is 0 Å². The van der Waals surface area contributed by atoms with Gasteiger partial charge >= 0.3 is 0 Å². The van der Waals surface area contributed by atoms with Crippen LogP contribution in [0.5, 0.6) is 17.2 Å². The molecule has 3 heteroatoms. The molecule has 0 heterocycles. The second-order valence-corrected chi connectivity index (χ2v) is 3.98. The number of hydrogen-bond donors (Lipinski definition) is 3. The fourth-order valence-corrected chi connectivity index (χ4v) is 1.81. The quantitative estimate of drug-likeness (QED) is 0.706. The van der Waals surface area contributed by atoms with Gasteiger partial charge in [0.1, 0.15) is 17.2 Å². The molecule has 0 fully saturated rings. The molecular weight excluding hydrogens is 228 g/mol. The maximum atomic E-state index is 9.86.